The quantitative estimate of drug-likeness (QED) is 0.211. The molecular formula is C28H44O4Si. The van der Waals surface area contributed by atoms with Gasteiger partial charge in [-0.2, -0.15) is 0 Å². The van der Waals surface area contributed by atoms with E-state index in [0.717, 1.165) is 19.3 Å². The van der Waals surface area contributed by atoms with Gasteiger partial charge in [0, 0.05) is 18.3 Å². The summed E-state index contributed by atoms with van der Waals surface area (Å²) < 4.78 is 6.69. The van der Waals surface area contributed by atoms with Gasteiger partial charge in [0.15, 0.2) is 14.1 Å². The minimum atomic E-state index is -1.94. The lowest BCUT2D eigenvalue weighted by molar-refractivity contribution is -0.136. The predicted octanol–water partition coefficient (Wildman–Crippen LogP) is 7.42. The number of hydrogen-bond acceptors (Lipinski definition) is 3. The Morgan fingerprint density at radius 2 is 1.85 bits per heavy atom. The van der Waals surface area contributed by atoms with Crippen molar-refractivity contribution in [2.24, 2.45) is 11.8 Å². The monoisotopic (exact) mass is 472 g/mol. The van der Waals surface area contributed by atoms with Gasteiger partial charge in [-0.25, -0.2) is 0 Å². The second kappa shape index (κ2) is 14.3. The molecule has 1 aliphatic rings. The molecule has 1 aliphatic carbocycles. The minimum Gasteiger partial charge on any atom is -0.481 e. The van der Waals surface area contributed by atoms with Crippen LogP contribution in [0, 0.1) is 11.8 Å². The molecular weight excluding hydrogens is 428 g/mol. The van der Waals surface area contributed by atoms with Gasteiger partial charge in [0.1, 0.15) is 0 Å². The molecule has 0 fully saturated rings. The van der Waals surface area contributed by atoms with Crippen LogP contribution in [-0.4, -0.2) is 31.3 Å². The summed E-state index contributed by atoms with van der Waals surface area (Å²) in [6.45, 7) is 13.4. The molecule has 0 unspecified atom stereocenters. The molecule has 3 atom stereocenters. The highest BCUT2D eigenvalue weighted by Crippen LogP contribution is 2.38. The first-order valence-electron chi connectivity index (χ1n) is 12.2. The number of ketones is 1. The predicted molar refractivity (Wildman–Crippen MR) is 141 cm³/mol. The fraction of sp³-hybridized carbons (Fsp3) is 0.571. The summed E-state index contributed by atoms with van der Waals surface area (Å²) in [7, 11) is -1.94. The lowest BCUT2D eigenvalue weighted by Crippen LogP contribution is -2.43. The van der Waals surface area contributed by atoms with Gasteiger partial charge in [-0.3, -0.25) is 9.59 Å². The molecule has 5 heteroatoms. The third-order valence-corrected chi connectivity index (χ3v) is 10.9. The Labute approximate surface area is 202 Å². The molecule has 1 N–H and O–H groups in total. The summed E-state index contributed by atoms with van der Waals surface area (Å²) >= 11 is 0. The number of allylic oxidation sites excluding steroid dienone is 8. The number of aliphatic carboxylic acids is 1. The largest absolute Gasteiger partial charge is 0.481 e. The Kier molecular flexibility index (Phi) is 12.6. The highest BCUT2D eigenvalue weighted by Gasteiger charge is 2.38. The van der Waals surface area contributed by atoms with Crippen LogP contribution >= 0.6 is 0 Å². The highest BCUT2D eigenvalue weighted by molar-refractivity contribution is 6.74. The van der Waals surface area contributed by atoms with Crippen molar-refractivity contribution in [3.8, 4) is 0 Å². The lowest BCUT2D eigenvalue weighted by Gasteiger charge is -2.38. The van der Waals surface area contributed by atoms with Gasteiger partial charge < -0.3 is 9.53 Å². The van der Waals surface area contributed by atoms with Crippen molar-refractivity contribution in [1.29, 1.82) is 0 Å². The van der Waals surface area contributed by atoms with Crippen LogP contribution in [0.5, 0.6) is 0 Å². The first kappa shape index (κ1) is 29.0. The summed E-state index contributed by atoms with van der Waals surface area (Å²) in [4.78, 5) is 23.0. The molecule has 0 aromatic heterocycles. The zero-order valence-electron chi connectivity index (χ0n) is 21.4. The van der Waals surface area contributed by atoms with E-state index < -0.39 is 14.3 Å². The first-order chi connectivity index (χ1) is 15.5. The second-order valence-electron chi connectivity index (χ2n) is 10.2. The summed E-state index contributed by atoms with van der Waals surface area (Å²) in [5.41, 5.74) is 0. The van der Waals surface area contributed by atoms with E-state index in [2.05, 4.69) is 77.2 Å². The molecule has 0 saturated carbocycles. The fourth-order valence-electron chi connectivity index (χ4n) is 3.33. The van der Waals surface area contributed by atoms with Gasteiger partial charge in [-0.1, -0.05) is 82.4 Å². The van der Waals surface area contributed by atoms with Crippen molar-refractivity contribution in [2.75, 3.05) is 0 Å². The molecule has 0 radical (unpaired) electrons. The molecule has 0 bridgehead atoms. The molecule has 0 aromatic carbocycles. The van der Waals surface area contributed by atoms with Crippen molar-refractivity contribution in [3.63, 3.8) is 0 Å². The van der Waals surface area contributed by atoms with Crippen molar-refractivity contribution >= 4 is 20.1 Å². The Balaban J connectivity index is 2.86. The number of carboxylic acids is 1. The van der Waals surface area contributed by atoms with Crippen molar-refractivity contribution < 1.29 is 19.1 Å². The van der Waals surface area contributed by atoms with Gasteiger partial charge in [0.25, 0.3) is 0 Å². The van der Waals surface area contributed by atoms with E-state index in [0.29, 0.717) is 12.8 Å². The lowest BCUT2D eigenvalue weighted by atomic mass is 9.90. The zero-order chi connectivity index (χ0) is 24.9. The van der Waals surface area contributed by atoms with Crippen LogP contribution in [0.2, 0.25) is 18.1 Å². The molecule has 0 spiro atoms. The van der Waals surface area contributed by atoms with Crippen LogP contribution in [0.4, 0.5) is 0 Å². The maximum atomic E-state index is 12.4. The molecule has 33 heavy (non-hydrogen) atoms. The zero-order valence-corrected chi connectivity index (χ0v) is 22.4. The van der Waals surface area contributed by atoms with Gasteiger partial charge in [0.05, 0.1) is 6.10 Å². The number of carbonyl (C=O) groups is 2. The van der Waals surface area contributed by atoms with E-state index in [1.54, 1.807) is 6.08 Å². The third-order valence-electron chi connectivity index (χ3n) is 6.40. The SMILES string of the molecule is CC/C=C\C/C=C\C[C@@H](/C=C/[C@H]1C=CC(=O)[C@H]1C/C=C\CCC(=O)O)O[Si](C)(C)C(C)(C)C. The van der Waals surface area contributed by atoms with E-state index in [1.807, 2.05) is 18.2 Å². The number of carbonyl (C=O) groups excluding carboxylic acids is 1. The summed E-state index contributed by atoms with van der Waals surface area (Å²) in [5.74, 6) is -0.742. The fourth-order valence-corrected chi connectivity index (χ4v) is 4.62. The van der Waals surface area contributed by atoms with Crippen molar-refractivity contribution in [2.45, 2.75) is 90.5 Å². The Hall–Kier alpha value is -1.98. The average Bonchev–Trinajstić information content (AvgIpc) is 3.06. The molecule has 0 aromatic rings. The van der Waals surface area contributed by atoms with E-state index in [-0.39, 0.29) is 35.2 Å². The molecule has 0 saturated heterocycles. The van der Waals surface area contributed by atoms with Crippen molar-refractivity contribution in [3.05, 3.63) is 60.8 Å². The molecule has 0 amide bonds. The standard InChI is InChI=1S/C28H44O4Si/c1-7-8-9-10-11-13-16-24(32-33(5,6)28(2,3)4)21-19-23-20-22-26(29)25(23)17-14-12-15-18-27(30)31/h8-9,11-14,19-25H,7,10,15-18H2,1-6H3,(H,30,31)/b9-8-,13-11-,14-12-,21-19+/t23-,24-,25-/m0/s1. The summed E-state index contributed by atoms with van der Waals surface area (Å²) in [5, 5.41) is 8.88. The molecule has 1 rings (SSSR count). The van der Waals surface area contributed by atoms with Crippen LogP contribution in [0.3, 0.4) is 0 Å². The molecule has 0 aliphatic heterocycles. The van der Waals surface area contributed by atoms with Gasteiger partial charge >= 0.3 is 5.97 Å². The van der Waals surface area contributed by atoms with Gasteiger partial charge in [0.2, 0.25) is 0 Å². The van der Waals surface area contributed by atoms with Crippen LogP contribution in [0.25, 0.3) is 0 Å². The summed E-state index contributed by atoms with van der Waals surface area (Å²) in [6.07, 6.45) is 24.5. The van der Waals surface area contributed by atoms with E-state index in [9.17, 15) is 9.59 Å². The van der Waals surface area contributed by atoms with E-state index in [4.69, 9.17) is 9.53 Å². The number of carboxylic acid groups (broad SMARTS) is 1. The van der Waals surface area contributed by atoms with E-state index >= 15 is 0 Å². The van der Waals surface area contributed by atoms with E-state index in [1.165, 1.54) is 0 Å². The maximum Gasteiger partial charge on any atom is 0.303 e. The molecule has 0 heterocycles. The van der Waals surface area contributed by atoms with Gasteiger partial charge in [-0.15, -0.1) is 0 Å². The normalized spacial score (nSPS) is 20.8. The molecule has 4 nitrogen and oxygen atoms in total. The number of rotatable bonds is 14. The second-order valence-corrected chi connectivity index (χ2v) is 15.0. The Morgan fingerprint density at radius 1 is 1.15 bits per heavy atom. The first-order valence-corrected chi connectivity index (χ1v) is 15.1. The van der Waals surface area contributed by atoms with Gasteiger partial charge in [-0.05, 0) is 56.3 Å². The Bertz CT molecular complexity index is 765. The Morgan fingerprint density at radius 3 is 2.48 bits per heavy atom. The third kappa shape index (κ3) is 11.1. The van der Waals surface area contributed by atoms with Crippen LogP contribution < -0.4 is 0 Å². The topological polar surface area (TPSA) is 63.6 Å². The van der Waals surface area contributed by atoms with Crippen molar-refractivity contribution in [1.82, 2.24) is 0 Å². The maximum absolute atomic E-state index is 12.4. The smallest absolute Gasteiger partial charge is 0.303 e. The molecule has 184 valence electrons. The summed E-state index contributed by atoms with van der Waals surface area (Å²) in [6, 6.07) is 0. The average molecular weight is 473 g/mol. The van der Waals surface area contributed by atoms with Crippen LogP contribution in [0.15, 0.2) is 60.8 Å². The number of hydrogen-bond donors (Lipinski definition) is 1. The van der Waals surface area contributed by atoms with Crippen LogP contribution in [0.1, 0.15) is 66.2 Å². The van der Waals surface area contributed by atoms with Crippen LogP contribution in [-0.2, 0) is 14.0 Å². The minimum absolute atomic E-state index is 0.0202. The highest BCUT2D eigenvalue weighted by atomic mass is 28.4.